The van der Waals surface area contributed by atoms with Crippen LogP contribution in [0.25, 0.3) is 33.3 Å². The Morgan fingerprint density at radius 2 is 1.69 bits per heavy atom. The number of carbonyl (C=O) groups excluding carboxylic acids is 1. The van der Waals surface area contributed by atoms with Crippen molar-refractivity contribution in [3.8, 4) is 28.3 Å². The van der Waals surface area contributed by atoms with Crippen LogP contribution >= 0.6 is 11.6 Å². The van der Waals surface area contributed by atoms with Crippen molar-refractivity contribution in [3.63, 3.8) is 0 Å². The van der Waals surface area contributed by atoms with Gasteiger partial charge in [-0.3, -0.25) is 28.6 Å². The second-order valence-corrected chi connectivity index (χ2v) is 13.5. The molecule has 2 atom stereocenters. The highest BCUT2D eigenvalue weighted by molar-refractivity contribution is 6.36. The minimum absolute atomic E-state index is 0.00259. The smallest absolute Gasteiger partial charge is 0.330 e. The Bertz CT molecular complexity index is 2350. The summed E-state index contributed by atoms with van der Waals surface area (Å²) in [7, 11) is 4.28. The molecule has 54 heavy (non-hydrogen) atoms. The van der Waals surface area contributed by atoms with E-state index in [2.05, 4.69) is 15.2 Å². The van der Waals surface area contributed by atoms with E-state index in [-0.39, 0.29) is 28.6 Å². The van der Waals surface area contributed by atoms with Crippen LogP contribution in [0.4, 0.5) is 20.3 Å². The average Bonchev–Trinajstić information content (AvgIpc) is 3.69. The number of nitrogens with zero attached hydrogens (tertiary/aromatic N) is 6. The van der Waals surface area contributed by atoms with Gasteiger partial charge in [0.1, 0.15) is 22.6 Å². The summed E-state index contributed by atoms with van der Waals surface area (Å²) >= 11 is 7.07. The Hall–Kier alpha value is -5.21. The van der Waals surface area contributed by atoms with Crippen molar-refractivity contribution in [2.75, 3.05) is 32.1 Å². The van der Waals surface area contributed by atoms with E-state index >= 15 is 0 Å². The average molecular weight is 762 g/mol. The molecule has 5 aromatic rings. The second-order valence-electron chi connectivity index (χ2n) is 13.1. The first kappa shape index (κ1) is 38.5. The van der Waals surface area contributed by atoms with Crippen LogP contribution in [0.2, 0.25) is 5.02 Å². The number of halogens is 3. The third-order valence-electron chi connectivity index (χ3n) is 10.1. The second kappa shape index (κ2) is 15.6. The highest BCUT2D eigenvalue weighted by Crippen LogP contribution is 2.52. The summed E-state index contributed by atoms with van der Waals surface area (Å²) in [6.45, 7) is 10.1. The Balaban J connectivity index is 0.00000245. The summed E-state index contributed by atoms with van der Waals surface area (Å²) in [6.07, 6.45) is -1.28. The maximum atomic E-state index is 13.9. The largest absolute Gasteiger partial charge is 0.480 e. The molecular formula is C39H42ClF2N7O5. The minimum Gasteiger partial charge on any atom is -0.480 e. The number of esters is 1. The Morgan fingerprint density at radius 3 is 2.35 bits per heavy atom. The number of pyridine rings is 1. The van der Waals surface area contributed by atoms with Crippen molar-refractivity contribution >= 4 is 40.0 Å². The summed E-state index contributed by atoms with van der Waals surface area (Å²) in [5.74, 6) is 0.756. The van der Waals surface area contributed by atoms with Crippen molar-refractivity contribution in [1.82, 2.24) is 29.0 Å². The van der Waals surface area contributed by atoms with Gasteiger partial charge in [0.25, 0.3) is 12.0 Å². The number of hydrogen-bond acceptors (Lipinski definition) is 10. The normalized spacial score (nSPS) is 17.6. The fourth-order valence-corrected chi connectivity index (χ4v) is 7.61. The topological polar surface area (TPSA) is 133 Å². The summed E-state index contributed by atoms with van der Waals surface area (Å²) in [5.41, 5.74) is 2.55. The molecule has 4 heterocycles. The quantitative estimate of drug-likeness (QED) is 0.154. The first-order chi connectivity index (χ1) is 25.9. The van der Waals surface area contributed by atoms with Gasteiger partial charge in [0.15, 0.2) is 0 Å². The number of nitrogens with one attached hydrogen (secondary N) is 1. The predicted octanol–water partition coefficient (Wildman–Crippen LogP) is 6.67. The molecule has 0 bridgehead atoms. The van der Waals surface area contributed by atoms with Crippen LogP contribution in [0.1, 0.15) is 44.1 Å². The third kappa shape index (κ3) is 6.95. The fourth-order valence-electron chi connectivity index (χ4n) is 7.28. The monoisotopic (exact) mass is 761 g/mol. The van der Waals surface area contributed by atoms with E-state index in [1.54, 1.807) is 25.4 Å². The number of ether oxygens (including phenoxy) is 2. The van der Waals surface area contributed by atoms with E-state index in [0.717, 1.165) is 33.9 Å². The molecule has 1 aliphatic heterocycles. The van der Waals surface area contributed by atoms with Crippen molar-refractivity contribution in [2.24, 2.45) is 31.8 Å². The van der Waals surface area contributed by atoms with Crippen LogP contribution in [0.5, 0.6) is 5.88 Å². The molecule has 7 rings (SSSR count). The Labute approximate surface area is 315 Å². The van der Waals surface area contributed by atoms with Gasteiger partial charge in [-0.25, -0.2) is 23.5 Å². The van der Waals surface area contributed by atoms with E-state index in [1.807, 2.05) is 52.0 Å². The highest BCUT2D eigenvalue weighted by atomic mass is 35.5. The highest BCUT2D eigenvalue weighted by Gasteiger charge is 2.60. The van der Waals surface area contributed by atoms with Gasteiger partial charge in [-0.2, -0.15) is 0 Å². The lowest BCUT2D eigenvalue weighted by atomic mass is 9.96. The maximum absolute atomic E-state index is 13.9. The van der Waals surface area contributed by atoms with E-state index in [9.17, 15) is 23.2 Å². The lowest BCUT2D eigenvalue weighted by Crippen LogP contribution is -2.37. The molecule has 2 aliphatic rings. The van der Waals surface area contributed by atoms with Gasteiger partial charge >= 0.3 is 11.7 Å². The van der Waals surface area contributed by atoms with Crippen molar-refractivity contribution < 1.29 is 23.0 Å². The number of likely N-dealkylation sites (tertiary alicyclic amines) is 1. The van der Waals surface area contributed by atoms with Crippen molar-refractivity contribution in [1.29, 1.82) is 0 Å². The zero-order chi connectivity index (χ0) is 39.0. The molecule has 3 aromatic heterocycles. The number of anilines is 2. The van der Waals surface area contributed by atoms with Gasteiger partial charge < -0.3 is 14.8 Å². The molecule has 1 N–H and O–H groups in total. The number of aromatic nitrogens is 5. The van der Waals surface area contributed by atoms with Crippen LogP contribution in [-0.2, 0) is 30.2 Å². The van der Waals surface area contributed by atoms with Gasteiger partial charge in [-0.1, -0.05) is 55.8 Å². The van der Waals surface area contributed by atoms with Gasteiger partial charge in [0.2, 0.25) is 5.88 Å². The van der Waals surface area contributed by atoms with Crippen LogP contribution in [-0.4, -0.2) is 61.8 Å². The standard InChI is InChI=1S/C37H36ClF2N7O5.C2H6/c1-6-52-36(49)29-22-15-47(16-23(22)29)17-27-34(51-5)44-26(14-41-27)21-11-7-10-20(31(21)38)19-9-8-12-24(18(19)2)42-33-30-28(13-25(43-33)32(39)40)45(3)37(50)46(4)35(30)48;1-2/h7-14,22-23,29,32H,6,15-17H2,1-5H3,(H,42,43);1-2H3. The zero-order valence-corrected chi connectivity index (χ0v) is 31.9. The number of hydrogen-bond donors (Lipinski definition) is 1. The lowest BCUT2D eigenvalue weighted by Gasteiger charge is -2.20. The first-order valence-corrected chi connectivity index (χ1v) is 18.1. The molecule has 1 aliphatic carbocycles. The summed E-state index contributed by atoms with van der Waals surface area (Å²) < 4.78 is 40.8. The van der Waals surface area contributed by atoms with E-state index in [4.69, 9.17) is 31.0 Å². The lowest BCUT2D eigenvalue weighted by molar-refractivity contribution is -0.145. The molecule has 284 valence electrons. The third-order valence-corrected chi connectivity index (χ3v) is 10.5. The fraction of sp³-hybridized carbons (Fsp3) is 0.385. The number of methoxy groups -OCH3 is 1. The number of rotatable bonds is 10. The number of aryl methyl sites for hydroxylation is 1. The van der Waals surface area contributed by atoms with Gasteiger partial charge in [-0.15, -0.1) is 0 Å². The van der Waals surface area contributed by atoms with Crippen LogP contribution < -0.4 is 21.3 Å². The van der Waals surface area contributed by atoms with Gasteiger partial charge in [0.05, 0.1) is 42.1 Å². The number of piperidine rings is 1. The molecule has 0 spiro atoms. The molecule has 12 nitrogen and oxygen atoms in total. The molecule has 2 aromatic carbocycles. The van der Waals surface area contributed by atoms with Gasteiger partial charge in [-0.05, 0) is 48.9 Å². The molecule has 0 amide bonds. The first-order valence-electron chi connectivity index (χ1n) is 17.8. The summed E-state index contributed by atoms with van der Waals surface area (Å²) in [5, 5.41) is 3.49. The maximum Gasteiger partial charge on any atom is 0.330 e. The summed E-state index contributed by atoms with van der Waals surface area (Å²) in [4.78, 5) is 53.8. The number of alkyl halides is 2. The van der Waals surface area contributed by atoms with E-state index in [1.165, 1.54) is 14.1 Å². The number of fused-ring (bicyclic) bond motifs is 2. The summed E-state index contributed by atoms with van der Waals surface area (Å²) in [6, 6.07) is 12.0. The molecule has 1 saturated carbocycles. The molecule has 2 fully saturated rings. The predicted molar refractivity (Wildman–Crippen MR) is 203 cm³/mol. The van der Waals surface area contributed by atoms with E-state index in [0.29, 0.717) is 69.7 Å². The van der Waals surface area contributed by atoms with Gasteiger partial charge in [0, 0.05) is 50.5 Å². The van der Waals surface area contributed by atoms with Crippen LogP contribution in [0.3, 0.4) is 0 Å². The van der Waals surface area contributed by atoms with E-state index < -0.39 is 23.4 Å². The number of carbonyl (C=O) groups is 1. The van der Waals surface area contributed by atoms with Crippen LogP contribution in [0, 0.1) is 24.7 Å². The van der Waals surface area contributed by atoms with Crippen molar-refractivity contribution in [2.45, 2.75) is 40.7 Å². The zero-order valence-electron chi connectivity index (χ0n) is 31.1. The van der Waals surface area contributed by atoms with Crippen molar-refractivity contribution in [3.05, 3.63) is 91.5 Å². The minimum atomic E-state index is -2.94. The molecule has 1 saturated heterocycles. The molecule has 15 heteroatoms. The molecular weight excluding hydrogens is 720 g/mol. The Kier molecular flexibility index (Phi) is 11.2. The number of benzene rings is 2. The Morgan fingerprint density at radius 1 is 1.02 bits per heavy atom. The molecule has 2 unspecified atom stereocenters. The van der Waals surface area contributed by atoms with Crippen LogP contribution in [0.15, 0.2) is 58.3 Å². The SMILES string of the molecule is CC.CCOC(=O)C1C2CN(Cc3ncc(-c4cccc(-c5cccc(Nc6nc(C(F)F)cc7c6c(=O)n(C)c(=O)n7C)c5C)c4Cl)nc3OC)CC21. The molecule has 0 radical (unpaired) electrons.